The SMILES string of the molecule is CCSc1nnc(NC(=O)CSc2cn(Cc3cccc(C)c3)c3ccccc23)s1. The number of carbonyl (C=O) groups excluding carboxylic acids is 1. The number of anilines is 1. The number of para-hydroxylation sites is 1. The Hall–Kier alpha value is -2.29. The van der Waals surface area contributed by atoms with Gasteiger partial charge in [-0.2, -0.15) is 0 Å². The van der Waals surface area contributed by atoms with Gasteiger partial charge in [0.2, 0.25) is 11.0 Å². The van der Waals surface area contributed by atoms with E-state index in [4.69, 9.17) is 0 Å². The molecule has 0 saturated carbocycles. The van der Waals surface area contributed by atoms with E-state index in [-0.39, 0.29) is 5.91 Å². The molecule has 0 aliphatic rings. The molecular weight excluding hydrogens is 432 g/mol. The van der Waals surface area contributed by atoms with Crippen LogP contribution in [0.25, 0.3) is 10.9 Å². The molecule has 5 nitrogen and oxygen atoms in total. The van der Waals surface area contributed by atoms with Gasteiger partial charge in [-0.1, -0.05) is 78.1 Å². The predicted molar refractivity (Wildman–Crippen MR) is 128 cm³/mol. The Morgan fingerprint density at radius 1 is 1.13 bits per heavy atom. The van der Waals surface area contributed by atoms with Crippen LogP contribution in [0.5, 0.6) is 0 Å². The fourth-order valence-electron chi connectivity index (χ4n) is 3.21. The fraction of sp³-hybridized carbons (Fsp3) is 0.227. The summed E-state index contributed by atoms with van der Waals surface area (Å²) in [4.78, 5) is 13.5. The molecule has 154 valence electrons. The molecule has 0 radical (unpaired) electrons. The molecule has 1 N–H and O–H groups in total. The van der Waals surface area contributed by atoms with Gasteiger partial charge in [-0.25, -0.2) is 0 Å². The van der Waals surface area contributed by atoms with E-state index in [1.807, 2.05) is 6.07 Å². The van der Waals surface area contributed by atoms with Gasteiger partial charge in [-0.3, -0.25) is 10.1 Å². The summed E-state index contributed by atoms with van der Waals surface area (Å²) in [5, 5.41) is 12.7. The smallest absolute Gasteiger partial charge is 0.236 e. The van der Waals surface area contributed by atoms with Gasteiger partial charge in [0.15, 0.2) is 4.34 Å². The fourth-order valence-corrected chi connectivity index (χ4v) is 5.76. The molecule has 2 heterocycles. The summed E-state index contributed by atoms with van der Waals surface area (Å²) in [5.74, 6) is 1.19. The van der Waals surface area contributed by atoms with Gasteiger partial charge in [0, 0.05) is 28.5 Å². The number of hydrogen-bond donors (Lipinski definition) is 1. The summed E-state index contributed by atoms with van der Waals surface area (Å²) in [7, 11) is 0. The molecule has 2 aromatic heterocycles. The first-order valence-electron chi connectivity index (χ1n) is 9.64. The highest BCUT2D eigenvalue weighted by Crippen LogP contribution is 2.31. The Labute approximate surface area is 188 Å². The van der Waals surface area contributed by atoms with Crippen LogP contribution >= 0.6 is 34.9 Å². The number of nitrogens with one attached hydrogen (secondary N) is 1. The lowest BCUT2D eigenvalue weighted by Gasteiger charge is -2.06. The molecule has 0 aliphatic heterocycles. The number of thioether (sulfide) groups is 2. The summed E-state index contributed by atoms with van der Waals surface area (Å²) in [5.41, 5.74) is 3.70. The molecule has 0 atom stereocenters. The first-order chi connectivity index (χ1) is 14.6. The Bertz CT molecular complexity index is 1170. The number of aromatic nitrogens is 3. The summed E-state index contributed by atoms with van der Waals surface area (Å²) in [6, 6.07) is 16.9. The zero-order valence-corrected chi connectivity index (χ0v) is 19.2. The van der Waals surface area contributed by atoms with E-state index < -0.39 is 0 Å². The van der Waals surface area contributed by atoms with E-state index in [0.29, 0.717) is 10.9 Å². The average Bonchev–Trinajstić information content (AvgIpc) is 3.31. The van der Waals surface area contributed by atoms with Crippen LogP contribution in [0, 0.1) is 6.92 Å². The maximum Gasteiger partial charge on any atom is 0.236 e. The van der Waals surface area contributed by atoms with Gasteiger partial charge in [-0.05, 0) is 24.3 Å². The number of fused-ring (bicyclic) bond motifs is 1. The zero-order chi connectivity index (χ0) is 20.9. The van der Waals surface area contributed by atoms with Crippen LogP contribution in [0.15, 0.2) is 64.0 Å². The molecule has 4 aromatic rings. The molecule has 0 bridgehead atoms. The Morgan fingerprint density at radius 2 is 2.00 bits per heavy atom. The van der Waals surface area contributed by atoms with Gasteiger partial charge in [0.25, 0.3) is 0 Å². The lowest BCUT2D eigenvalue weighted by atomic mass is 10.1. The van der Waals surface area contributed by atoms with E-state index in [2.05, 4.69) is 82.6 Å². The van der Waals surface area contributed by atoms with Gasteiger partial charge >= 0.3 is 0 Å². The number of carbonyl (C=O) groups is 1. The van der Waals surface area contributed by atoms with Crippen molar-refractivity contribution in [1.82, 2.24) is 14.8 Å². The second kappa shape index (κ2) is 9.68. The highest BCUT2D eigenvalue weighted by atomic mass is 32.2. The van der Waals surface area contributed by atoms with Crippen molar-refractivity contribution in [3.05, 3.63) is 65.9 Å². The molecule has 2 aromatic carbocycles. The third kappa shape index (κ3) is 5.06. The van der Waals surface area contributed by atoms with Crippen molar-refractivity contribution in [2.24, 2.45) is 0 Å². The van der Waals surface area contributed by atoms with Crippen LogP contribution < -0.4 is 5.32 Å². The molecule has 0 unspecified atom stereocenters. The number of rotatable bonds is 8. The second-order valence-electron chi connectivity index (χ2n) is 6.77. The van der Waals surface area contributed by atoms with E-state index in [1.54, 1.807) is 23.5 Å². The maximum absolute atomic E-state index is 12.4. The topological polar surface area (TPSA) is 59.8 Å². The van der Waals surface area contributed by atoms with E-state index in [1.165, 1.54) is 33.4 Å². The predicted octanol–water partition coefficient (Wildman–Crippen LogP) is 5.69. The Kier molecular flexibility index (Phi) is 6.76. The zero-order valence-electron chi connectivity index (χ0n) is 16.8. The van der Waals surface area contributed by atoms with Crippen molar-refractivity contribution in [2.45, 2.75) is 29.6 Å². The minimum absolute atomic E-state index is 0.0697. The van der Waals surface area contributed by atoms with E-state index in [0.717, 1.165) is 21.5 Å². The number of amides is 1. The maximum atomic E-state index is 12.4. The van der Waals surface area contributed by atoms with E-state index >= 15 is 0 Å². The van der Waals surface area contributed by atoms with Gasteiger partial charge < -0.3 is 4.57 Å². The van der Waals surface area contributed by atoms with Crippen LogP contribution in [0.1, 0.15) is 18.1 Å². The van der Waals surface area contributed by atoms with Crippen LogP contribution in [0.4, 0.5) is 5.13 Å². The highest BCUT2D eigenvalue weighted by Gasteiger charge is 2.13. The first-order valence-corrected chi connectivity index (χ1v) is 12.4. The van der Waals surface area contributed by atoms with Gasteiger partial charge in [0.05, 0.1) is 5.75 Å². The summed E-state index contributed by atoms with van der Waals surface area (Å²) in [6.07, 6.45) is 2.14. The quantitative estimate of drug-likeness (QED) is 0.274. The molecular formula is C22H22N4OS3. The lowest BCUT2D eigenvalue weighted by molar-refractivity contribution is -0.113. The molecule has 8 heteroatoms. The van der Waals surface area contributed by atoms with Crippen molar-refractivity contribution in [1.29, 1.82) is 0 Å². The number of benzene rings is 2. The van der Waals surface area contributed by atoms with Crippen molar-refractivity contribution in [3.8, 4) is 0 Å². The van der Waals surface area contributed by atoms with Crippen molar-refractivity contribution >= 4 is 56.8 Å². The monoisotopic (exact) mass is 454 g/mol. The molecule has 0 saturated heterocycles. The minimum Gasteiger partial charge on any atom is -0.342 e. The molecule has 0 fully saturated rings. The third-order valence-corrected chi connectivity index (χ3v) is 7.36. The standard InChI is InChI=1S/C22H22N4OS3/c1-3-28-22-25-24-21(30-22)23-20(27)14-29-19-13-26(18-10-5-4-9-17(18)19)12-16-8-6-7-15(2)11-16/h4-11,13H,3,12,14H2,1-2H3,(H,23,24,27). The number of hydrogen-bond acceptors (Lipinski definition) is 6. The molecule has 0 spiro atoms. The molecule has 30 heavy (non-hydrogen) atoms. The molecule has 1 amide bonds. The Morgan fingerprint density at radius 3 is 2.83 bits per heavy atom. The average molecular weight is 455 g/mol. The van der Waals surface area contributed by atoms with Crippen LogP contribution in [-0.2, 0) is 11.3 Å². The second-order valence-corrected chi connectivity index (χ2v) is 10.3. The lowest BCUT2D eigenvalue weighted by Crippen LogP contribution is -2.13. The number of nitrogens with zero attached hydrogens (tertiary/aromatic N) is 3. The van der Waals surface area contributed by atoms with Gasteiger partial charge in [-0.15, -0.1) is 22.0 Å². The van der Waals surface area contributed by atoms with Crippen LogP contribution in [-0.4, -0.2) is 32.2 Å². The normalized spacial score (nSPS) is 11.1. The van der Waals surface area contributed by atoms with Crippen molar-refractivity contribution in [2.75, 3.05) is 16.8 Å². The minimum atomic E-state index is -0.0697. The largest absolute Gasteiger partial charge is 0.342 e. The van der Waals surface area contributed by atoms with Crippen LogP contribution in [0.3, 0.4) is 0 Å². The van der Waals surface area contributed by atoms with Gasteiger partial charge in [0.1, 0.15) is 0 Å². The van der Waals surface area contributed by atoms with E-state index in [9.17, 15) is 4.79 Å². The molecule has 4 rings (SSSR count). The highest BCUT2D eigenvalue weighted by molar-refractivity contribution is 8.01. The summed E-state index contributed by atoms with van der Waals surface area (Å²) in [6.45, 7) is 4.98. The summed E-state index contributed by atoms with van der Waals surface area (Å²) >= 11 is 4.58. The van der Waals surface area contributed by atoms with Crippen LogP contribution in [0.2, 0.25) is 0 Å². The van der Waals surface area contributed by atoms with Crippen molar-refractivity contribution in [3.63, 3.8) is 0 Å². The Balaban J connectivity index is 1.46. The summed E-state index contributed by atoms with van der Waals surface area (Å²) < 4.78 is 3.13. The third-order valence-electron chi connectivity index (χ3n) is 4.47. The number of aryl methyl sites for hydroxylation is 1. The van der Waals surface area contributed by atoms with Crippen molar-refractivity contribution < 1.29 is 4.79 Å². The molecule has 0 aliphatic carbocycles. The first kappa shape index (κ1) is 21.0.